The minimum absolute atomic E-state index is 0.00325. The molecule has 0 spiro atoms. The standard InChI is InChI=1S/C19H26FNSi/c1-13-8-9-14(16(20)10-13)17-11-15(19(2,3)4)18(12-21-17)22(5,6)7/h8-12H,1-7H3/i1D3. The SMILES string of the molecule is [2H]C([2H])([2H])c1ccc(-c2cc(C(C)(C)C)c([Si](C)(C)C)cn2)c(F)c1. The molecule has 0 saturated carbocycles. The van der Waals surface area contributed by atoms with Crippen molar-refractivity contribution in [3.8, 4) is 11.3 Å². The minimum atomic E-state index is -2.31. The van der Waals surface area contributed by atoms with Crippen LogP contribution in [-0.4, -0.2) is 13.1 Å². The second-order valence-corrected chi connectivity index (χ2v) is 12.8. The lowest BCUT2D eigenvalue weighted by atomic mass is 9.86. The third-order valence-corrected chi connectivity index (χ3v) is 5.78. The Kier molecular flexibility index (Phi) is 3.32. The highest BCUT2D eigenvalue weighted by Crippen LogP contribution is 2.28. The number of hydrogen-bond acceptors (Lipinski definition) is 1. The highest BCUT2D eigenvalue weighted by Gasteiger charge is 2.27. The molecule has 3 heteroatoms. The van der Waals surface area contributed by atoms with Gasteiger partial charge in [-0.1, -0.05) is 46.5 Å². The van der Waals surface area contributed by atoms with Crippen molar-refractivity contribution in [2.24, 2.45) is 0 Å². The third kappa shape index (κ3) is 3.46. The number of aromatic nitrogens is 1. The van der Waals surface area contributed by atoms with Crippen molar-refractivity contribution in [1.82, 2.24) is 4.98 Å². The summed E-state index contributed by atoms with van der Waals surface area (Å²) in [6, 6.07) is 6.02. The average Bonchev–Trinajstić information content (AvgIpc) is 2.43. The van der Waals surface area contributed by atoms with Gasteiger partial charge in [0.15, 0.2) is 0 Å². The zero-order valence-corrected chi connectivity index (χ0v) is 15.2. The Balaban J connectivity index is 2.62. The second kappa shape index (κ2) is 5.62. The van der Waals surface area contributed by atoms with Crippen molar-refractivity contribution in [3.05, 3.63) is 47.4 Å². The molecule has 0 aliphatic rings. The minimum Gasteiger partial charge on any atom is -0.256 e. The lowest BCUT2D eigenvalue weighted by molar-refractivity contribution is 0.592. The number of benzene rings is 1. The first-order valence-electron chi connectivity index (χ1n) is 9.02. The Hall–Kier alpha value is -1.48. The summed E-state index contributed by atoms with van der Waals surface area (Å²) < 4.78 is 36.8. The molecule has 1 aromatic carbocycles. The van der Waals surface area contributed by atoms with Crippen molar-refractivity contribution in [2.75, 3.05) is 0 Å². The van der Waals surface area contributed by atoms with Crippen LogP contribution in [0.2, 0.25) is 19.6 Å². The van der Waals surface area contributed by atoms with Crippen LogP contribution in [0.3, 0.4) is 0 Å². The molecule has 0 N–H and O–H groups in total. The summed E-state index contributed by atoms with van der Waals surface area (Å²) in [4.78, 5) is 4.50. The van der Waals surface area contributed by atoms with Crippen molar-refractivity contribution in [1.29, 1.82) is 0 Å². The Labute approximate surface area is 138 Å². The van der Waals surface area contributed by atoms with Gasteiger partial charge in [0.2, 0.25) is 0 Å². The van der Waals surface area contributed by atoms with Gasteiger partial charge in [-0.05, 0) is 46.8 Å². The maximum atomic E-state index is 14.5. The molecule has 1 nitrogen and oxygen atoms in total. The van der Waals surface area contributed by atoms with Crippen molar-refractivity contribution in [2.45, 2.75) is 52.7 Å². The maximum absolute atomic E-state index is 14.5. The zero-order chi connectivity index (χ0) is 19.2. The number of nitrogens with zero attached hydrogens (tertiary/aromatic N) is 1. The van der Waals surface area contributed by atoms with Crippen LogP contribution in [0.1, 0.15) is 36.0 Å². The molecule has 0 amide bonds. The summed E-state index contributed by atoms with van der Waals surface area (Å²) >= 11 is 0. The van der Waals surface area contributed by atoms with E-state index in [1.807, 2.05) is 12.3 Å². The molecular formula is C19H26FNSi. The van der Waals surface area contributed by atoms with Gasteiger partial charge in [0.1, 0.15) is 5.82 Å². The first kappa shape index (κ1) is 13.0. The Morgan fingerprint density at radius 1 is 1.14 bits per heavy atom. The smallest absolute Gasteiger partial charge is 0.132 e. The van der Waals surface area contributed by atoms with Gasteiger partial charge < -0.3 is 0 Å². The predicted octanol–water partition coefficient (Wildman–Crippen LogP) is 5.04. The van der Waals surface area contributed by atoms with E-state index in [0.717, 1.165) is 6.07 Å². The first-order valence-corrected chi connectivity index (χ1v) is 11.0. The van der Waals surface area contributed by atoms with Gasteiger partial charge >= 0.3 is 0 Å². The lowest BCUT2D eigenvalue weighted by Crippen LogP contribution is -2.43. The summed E-state index contributed by atoms with van der Waals surface area (Å²) in [6.07, 6.45) is 1.87. The number of halogens is 1. The molecule has 0 aliphatic carbocycles. The number of pyridine rings is 1. The highest BCUT2D eigenvalue weighted by atomic mass is 28.3. The molecular weight excluding hydrogens is 289 g/mol. The predicted molar refractivity (Wildman–Crippen MR) is 96.0 cm³/mol. The van der Waals surface area contributed by atoms with E-state index in [1.165, 1.54) is 22.9 Å². The van der Waals surface area contributed by atoms with Crippen LogP contribution < -0.4 is 5.19 Å². The lowest BCUT2D eigenvalue weighted by Gasteiger charge is -2.29. The van der Waals surface area contributed by atoms with Gasteiger partial charge in [-0.25, -0.2) is 4.39 Å². The fourth-order valence-electron chi connectivity index (χ4n) is 2.54. The van der Waals surface area contributed by atoms with E-state index < -0.39 is 20.7 Å². The van der Waals surface area contributed by atoms with E-state index in [9.17, 15) is 4.39 Å². The average molecular weight is 319 g/mol. The van der Waals surface area contributed by atoms with Crippen LogP contribution >= 0.6 is 0 Å². The molecule has 22 heavy (non-hydrogen) atoms. The molecule has 0 fully saturated rings. The van der Waals surface area contributed by atoms with Crippen LogP contribution in [0.25, 0.3) is 11.3 Å². The summed E-state index contributed by atoms with van der Waals surface area (Å²) in [6.45, 7) is 10.9. The van der Waals surface area contributed by atoms with Gasteiger partial charge in [-0.15, -0.1) is 0 Å². The monoisotopic (exact) mass is 318 g/mol. The number of hydrogen-bond donors (Lipinski definition) is 0. The molecule has 0 aliphatic heterocycles. The largest absolute Gasteiger partial charge is 0.256 e. The highest BCUT2D eigenvalue weighted by molar-refractivity contribution is 6.89. The maximum Gasteiger partial charge on any atom is 0.132 e. The summed E-state index contributed by atoms with van der Waals surface area (Å²) in [7, 11) is -1.59. The van der Waals surface area contributed by atoms with Crippen LogP contribution in [0.5, 0.6) is 0 Å². The van der Waals surface area contributed by atoms with Crippen molar-refractivity contribution >= 4 is 13.3 Å². The molecule has 1 aromatic heterocycles. The van der Waals surface area contributed by atoms with Gasteiger partial charge in [0, 0.05) is 15.9 Å². The Morgan fingerprint density at radius 3 is 2.32 bits per heavy atom. The van der Waals surface area contributed by atoms with E-state index >= 15 is 0 Å². The molecule has 0 radical (unpaired) electrons. The number of rotatable bonds is 2. The van der Waals surface area contributed by atoms with E-state index in [4.69, 9.17) is 4.11 Å². The van der Waals surface area contributed by atoms with Crippen LogP contribution in [0, 0.1) is 12.7 Å². The normalized spacial score (nSPS) is 15.1. The molecule has 2 rings (SSSR count). The molecule has 1 heterocycles. The van der Waals surface area contributed by atoms with Crippen LogP contribution in [0.4, 0.5) is 4.39 Å². The fourth-order valence-corrected chi connectivity index (χ4v) is 4.25. The van der Waals surface area contributed by atoms with Gasteiger partial charge in [0.25, 0.3) is 0 Å². The topological polar surface area (TPSA) is 12.9 Å². The molecule has 0 atom stereocenters. The van der Waals surface area contributed by atoms with Gasteiger partial charge in [-0.3, -0.25) is 4.98 Å². The first-order chi connectivity index (χ1) is 11.2. The summed E-state index contributed by atoms with van der Waals surface area (Å²) in [5.74, 6) is -0.554. The molecule has 0 unspecified atom stereocenters. The van der Waals surface area contributed by atoms with Crippen molar-refractivity contribution < 1.29 is 8.50 Å². The third-order valence-electron chi connectivity index (χ3n) is 3.77. The van der Waals surface area contributed by atoms with E-state index in [0.29, 0.717) is 11.3 Å². The molecule has 0 bridgehead atoms. The van der Waals surface area contributed by atoms with Gasteiger partial charge in [-0.2, -0.15) is 0 Å². The van der Waals surface area contributed by atoms with E-state index in [-0.39, 0.29) is 11.0 Å². The Bertz CT molecular complexity index is 787. The van der Waals surface area contributed by atoms with Crippen molar-refractivity contribution in [3.63, 3.8) is 0 Å². The second-order valence-electron chi connectivity index (χ2n) is 7.81. The fraction of sp³-hybridized carbons (Fsp3) is 0.421. The van der Waals surface area contributed by atoms with Crippen LogP contribution in [0.15, 0.2) is 30.5 Å². The molecule has 118 valence electrons. The van der Waals surface area contributed by atoms with E-state index in [1.54, 1.807) is 0 Å². The quantitative estimate of drug-likeness (QED) is 0.707. The zero-order valence-electron chi connectivity index (χ0n) is 17.2. The summed E-state index contributed by atoms with van der Waals surface area (Å²) in [5, 5.41) is 1.27. The van der Waals surface area contributed by atoms with E-state index in [2.05, 4.69) is 45.4 Å². The van der Waals surface area contributed by atoms with Gasteiger partial charge in [0.05, 0.1) is 13.8 Å². The Morgan fingerprint density at radius 2 is 1.82 bits per heavy atom. The summed E-state index contributed by atoms with van der Waals surface area (Å²) in [5.41, 5.74) is 1.98. The molecule has 2 aromatic rings. The van der Waals surface area contributed by atoms with Crippen LogP contribution in [-0.2, 0) is 5.41 Å². The molecule has 0 saturated heterocycles. The number of aryl methyl sites for hydroxylation is 1.